The molecule has 7 heteroatoms. The number of hydrogen-bond acceptors (Lipinski definition) is 6. The molecule has 1 unspecified atom stereocenters. The van der Waals surface area contributed by atoms with Crippen molar-refractivity contribution in [1.82, 2.24) is 4.90 Å². The van der Waals surface area contributed by atoms with Crippen LogP contribution >= 0.6 is 11.6 Å². The summed E-state index contributed by atoms with van der Waals surface area (Å²) in [5.74, 6) is 0.741. The van der Waals surface area contributed by atoms with Gasteiger partial charge >= 0.3 is 0 Å². The molecule has 1 saturated heterocycles. The maximum atomic E-state index is 11.0. The Morgan fingerprint density at radius 3 is 2.44 bits per heavy atom. The first-order valence-electron chi connectivity index (χ1n) is 12.2. The molecule has 1 aliphatic rings. The zero-order chi connectivity index (χ0) is 25.7. The van der Waals surface area contributed by atoms with E-state index in [2.05, 4.69) is 47.9 Å². The summed E-state index contributed by atoms with van der Waals surface area (Å²) in [4.78, 5) is 4.75. The van der Waals surface area contributed by atoms with Gasteiger partial charge in [0.15, 0.2) is 0 Å². The van der Waals surface area contributed by atoms with E-state index in [1.54, 1.807) is 12.1 Å². The number of nitriles is 1. The van der Waals surface area contributed by atoms with Gasteiger partial charge in [0.1, 0.15) is 12.4 Å². The van der Waals surface area contributed by atoms with Gasteiger partial charge < -0.3 is 19.8 Å². The Kier molecular flexibility index (Phi) is 8.50. The molecule has 0 bridgehead atoms. The molecule has 0 radical (unpaired) electrons. The Morgan fingerprint density at radius 2 is 1.81 bits per heavy atom. The number of aliphatic hydroxyl groups is 2. The summed E-state index contributed by atoms with van der Waals surface area (Å²) in [6.07, 6.45) is -0.646. The fourth-order valence-electron chi connectivity index (χ4n) is 4.98. The number of halogens is 1. The van der Waals surface area contributed by atoms with Crippen LogP contribution in [0.15, 0.2) is 66.7 Å². The molecule has 3 atom stereocenters. The van der Waals surface area contributed by atoms with Gasteiger partial charge in [-0.05, 0) is 73.0 Å². The Labute approximate surface area is 217 Å². The highest BCUT2D eigenvalue weighted by Gasteiger charge is 2.35. The van der Waals surface area contributed by atoms with Crippen LogP contribution in [0.1, 0.15) is 41.3 Å². The Hall–Kier alpha value is -3.08. The third kappa shape index (κ3) is 6.00. The number of piperazine rings is 1. The normalized spacial score (nSPS) is 19.1. The highest BCUT2D eigenvalue weighted by Crippen LogP contribution is 2.37. The molecule has 188 valence electrons. The first-order chi connectivity index (χ1) is 17.4. The van der Waals surface area contributed by atoms with Crippen molar-refractivity contribution >= 4 is 17.3 Å². The maximum absolute atomic E-state index is 11.0. The second-order valence-corrected chi connectivity index (χ2v) is 9.75. The van der Waals surface area contributed by atoms with Crippen molar-refractivity contribution in [2.45, 2.75) is 32.0 Å². The van der Waals surface area contributed by atoms with Crippen LogP contribution in [0.25, 0.3) is 0 Å². The van der Waals surface area contributed by atoms with Gasteiger partial charge in [-0.15, -0.1) is 0 Å². The van der Waals surface area contributed by atoms with Crippen LogP contribution in [-0.4, -0.2) is 54.0 Å². The van der Waals surface area contributed by atoms with E-state index in [0.717, 1.165) is 41.2 Å². The molecular weight excluding hydrogens is 474 g/mol. The summed E-state index contributed by atoms with van der Waals surface area (Å²) in [5, 5.41) is 29.8. The molecule has 1 fully saturated rings. The lowest BCUT2D eigenvalue weighted by Gasteiger charge is -2.48. The summed E-state index contributed by atoms with van der Waals surface area (Å²) in [6, 6.07) is 23.5. The van der Waals surface area contributed by atoms with Crippen molar-refractivity contribution in [3.05, 3.63) is 94.0 Å². The summed E-state index contributed by atoms with van der Waals surface area (Å²) in [7, 11) is 0. The molecule has 0 aromatic heterocycles. The predicted molar refractivity (Wildman–Crippen MR) is 142 cm³/mol. The van der Waals surface area contributed by atoms with Crippen LogP contribution in [0.2, 0.25) is 5.02 Å². The third-order valence-corrected chi connectivity index (χ3v) is 6.93. The minimum Gasteiger partial charge on any atom is -0.491 e. The van der Waals surface area contributed by atoms with Gasteiger partial charge in [-0.2, -0.15) is 5.26 Å². The Balaban J connectivity index is 1.60. The van der Waals surface area contributed by atoms with E-state index in [0.29, 0.717) is 17.1 Å². The van der Waals surface area contributed by atoms with Gasteiger partial charge in [-0.25, -0.2) is 0 Å². The highest BCUT2D eigenvalue weighted by atomic mass is 35.5. The van der Waals surface area contributed by atoms with Crippen LogP contribution in [-0.2, 0) is 0 Å². The van der Waals surface area contributed by atoms with Crippen molar-refractivity contribution in [3.8, 4) is 11.8 Å². The lowest BCUT2D eigenvalue weighted by atomic mass is 9.96. The number of β-amino-alcohol motifs (C(OH)–C–C–N with tert-alkyl or cyclic N) is 1. The predicted octanol–water partition coefficient (Wildman–Crippen LogP) is 4.88. The molecule has 3 aromatic rings. The topological polar surface area (TPSA) is 80.0 Å². The quantitative estimate of drug-likeness (QED) is 0.454. The summed E-state index contributed by atoms with van der Waals surface area (Å²) >= 11 is 6.20. The van der Waals surface area contributed by atoms with Gasteiger partial charge in [0.25, 0.3) is 0 Å². The Morgan fingerprint density at radius 1 is 1.08 bits per heavy atom. The molecule has 0 amide bonds. The van der Waals surface area contributed by atoms with Gasteiger partial charge in [-0.1, -0.05) is 35.9 Å². The third-order valence-electron chi connectivity index (χ3n) is 6.68. The SMILES string of the molecule is Cc1cc(OCCO)ccc1N1C(C)CN(C[C@@H](O)c2ccc(C#N)cc2)C[C@H]1c1ccc(Cl)cc1. The molecule has 1 aliphatic heterocycles. The van der Waals surface area contributed by atoms with Crippen LogP contribution in [0.4, 0.5) is 5.69 Å². The molecular formula is C29H32ClN3O3. The number of ether oxygens (including phenoxy) is 1. The van der Waals surface area contributed by atoms with E-state index in [1.807, 2.05) is 36.4 Å². The van der Waals surface area contributed by atoms with Crippen molar-refractivity contribution in [2.75, 3.05) is 37.7 Å². The number of benzene rings is 3. The molecule has 0 spiro atoms. The van der Waals surface area contributed by atoms with Gasteiger partial charge in [0.2, 0.25) is 0 Å². The molecule has 4 rings (SSSR count). The lowest BCUT2D eigenvalue weighted by molar-refractivity contribution is 0.0915. The fourth-order valence-corrected chi connectivity index (χ4v) is 5.11. The standard InChI is InChI=1S/C29H32ClN3O3/c1-20-15-26(36-14-13-34)11-12-27(20)33-21(2)17-32(18-28(33)23-7-9-25(30)10-8-23)19-29(35)24-5-3-22(16-31)4-6-24/h3-12,15,21,28-29,34-35H,13-14,17-19H2,1-2H3/t21?,28-,29+/m0/s1. The number of aryl methyl sites for hydroxylation is 1. The molecule has 1 heterocycles. The number of nitrogens with zero attached hydrogens (tertiary/aromatic N) is 3. The van der Waals surface area contributed by atoms with E-state index in [4.69, 9.17) is 26.7 Å². The smallest absolute Gasteiger partial charge is 0.119 e. The van der Waals surface area contributed by atoms with E-state index in [1.165, 1.54) is 0 Å². The largest absolute Gasteiger partial charge is 0.491 e. The summed E-state index contributed by atoms with van der Waals surface area (Å²) in [5.41, 5.74) is 4.78. The minimum absolute atomic E-state index is 0.0211. The van der Waals surface area contributed by atoms with Crippen molar-refractivity contribution in [3.63, 3.8) is 0 Å². The second-order valence-electron chi connectivity index (χ2n) is 9.31. The highest BCUT2D eigenvalue weighted by molar-refractivity contribution is 6.30. The molecule has 36 heavy (non-hydrogen) atoms. The van der Waals surface area contributed by atoms with Crippen LogP contribution in [0.5, 0.6) is 5.75 Å². The fraction of sp³-hybridized carbons (Fsp3) is 0.345. The lowest BCUT2D eigenvalue weighted by Crippen LogP contribution is -2.54. The average molecular weight is 506 g/mol. The van der Waals surface area contributed by atoms with Crippen LogP contribution in [0.3, 0.4) is 0 Å². The number of aliphatic hydroxyl groups excluding tert-OH is 2. The van der Waals surface area contributed by atoms with Crippen LogP contribution in [0, 0.1) is 18.3 Å². The molecule has 3 aromatic carbocycles. The number of rotatable bonds is 8. The van der Waals surface area contributed by atoms with E-state index in [-0.39, 0.29) is 25.3 Å². The minimum atomic E-state index is -0.646. The number of anilines is 1. The van der Waals surface area contributed by atoms with Gasteiger partial charge in [0, 0.05) is 36.4 Å². The molecule has 6 nitrogen and oxygen atoms in total. The van der Waals surface area contributed by atoms with Gasteiger partial charge in [-0.3, -0.25) is 4.90 Å². The zero-order valence-electron chi connectivity index (χ0n) is 20.6. The first-order valence-corrected chi connectivity index (χ1v) is 12.6. The van der Waals surface area contributed by atoms with E-state index < -0.39 is 6.10 Å². The molecule has 0 aliphatic carbocycles. The monoisotopic (exact) mass is 505 g/mol. The first kappa shape index (κ1) is 26.0. The summed E-state index contributed by atoms with van der Waals surface area (Å²) in [6.45, 7) is 6.56. The zero-order valence-corrected chi connectivity index (χ0v) is 21.4. The molecule has 0 saturated carbocycles. The maximum Gasteiger partial charge on any atom is 0.119 e. The average Bonchev–Trinajstić information content (AvgIpc) is 2.88. The van der Waals surface area contributed by atoms with Crippen molar-refractivity contribution in [1.29, 1.82) is 5.26 Å². The Bertz CT molecular complexity index is 1190. The van der Waals surface area contributed by atoms with Crippen molar-refractivity contribution < 1.29 is 14.9 Å². The second kappa shape index (κ2) is 11.8. The van der Waals surface area contributed by atoms with Crippen LogP contribution < -0.4 is 9.64 Å². The van der Waals surface area contributed by atoms with E-state index >= 15 is 0 Å². The summed E-state index contributed by atoms with van der Waals surface area (Å²) < 4.78 is 5.61. The van der Waals surface area contributed by atoms with Crippen molar-refractivity contribution in [2.24, 2.45) is 0 Å². The molecule has 2 N–H and O–H groups in total. The van der Waals surface area contributed by atoms with E-state index in [9.17, 15) is 5.11 Å². The van der Waals surface area contributed by atoms with Gasteiger partial charge in [0.05, 0.1) is 30.4 Å². The number of hydrogen-bond donors (Lipinski definition) is 2.